The number of ether oxygens (including phenoxy) is 2. The van der Waals surface area contributed by atoms with Crippen LogP contribution in [0.15, 0.2) is 18.2 Å². The van der Waals surface area contributed by atoms with Gasteiger partial charge in [0.2, 0.25) is 6.79 Å². The van der Waals surface area contributed by atoms with E-state index in [-0.39, 0.29) is 6.79 Å². The summed E-state index contributed by atoms with van der Waals surface area (Å²) >= 11 is 5.27. The number of aromatic nitrogens is 2. The first-order valence-corrected chi connectivity index (χ1v) is 7.49. The maximum absolute atomic E-state index is 5.47. The number of benzene rings is 1. The number of aromatic amines is 1. The van der Waals surface area contributed by atoms with Gasteiger partial charge in [-0.3, -0.25) is 0 Å². The monoisotopic (exact) mass is 301 g/mol. The molecule has 0 fully saturated rings. The van der Waals surface area contributed by atoms with Crippen molar-refractivity contribution in [2.24, 2.45) is 0 Å². The fourth-order valence-corrected chi connectivity index (χ4v) is 3.01. The number of hydrogen-bond acceptors (Lipinski definition) is 5. The Labute approximate surface area is 127 Å². The zero-order valence-electron chi connectivity index (χ0n) is 11.4. The normalized spacial score (nSPS) is 16.0. The van der Waals surface area contributed by atoms with E-state index in [9.17, 15) is 0 Å². The minimum Gasteiger partial charge on any atom is -0.454 e. The molecule has 0 spiro atoms. The van der Waals surface area contributed by atoms with Gasteiger partial charge in [-0.15, -0.1) is 0 Å². The lowest BCUT2D eigenvalue weighted by molar-refractivity contribution is 0.174. The standard InChI is InChI=1S/C15H15N3O2S/c21-15-17-13(10-3-1-2-6-16-14(10)18-15)9-4-5-11-12(7-9)20-8-19-11/h4-5,7H,1-3,6,8H2,(H2,16,17,18,21). The molecule has 0 unspecified atom stereocenters. The maximum atomic E-state index is 5.47. The zero-order chi connectivity index (χ0) is 14.2. The molecule has 6 heteroatoms. The van der Waals surface area contributed by atoms with Crippen LogP contribution in [0.4, 0.5) is 5.82 Å². The summed E-state index contributed by atoms with van der Waals surface area (Å²) < 4.78 is 11.3. The summed E-state index contributed by atoms with van der Waals surface area (Å²) in [5.74, 6) is 2.47. The first-order chi connectivity index (χ1) is 10.3. The van der Waals surface area contributed by atoms with Crippen LogP contribution in [0.25, 0.3) is 11.3 Å². The average molecular weight is 301 g/mol. The molecular weight excluding hydrogens is 286 g/mol. The summed E-state index contributed by atoms with van der Waals surface area (Å²) in [7, 11) is 0. The van der Waals surface area contributed by atoms with Crippen LogP contribution in [0.1, 0.15) is 18.4 Å². The predicted octanol–water partition coefficient (Wildman–Crippen LogP) is 3.28. The molecule has 2 N–H and O–H groups in total. The van der Waals surface area contributed by atoms with E-state index in [0.29, 0.717) is 4.77 Å². The second-order valence-electron chi connectivity index (χ2n) is 5.20. The van der Waals surface area contributed by atoms with Gasteiger partial charge >= 0.3 is 0 Å². The summed E-state index contributed by atoms with van der Waals surface area (Å²) in [6.45, 7) is 1.23. The highest BCUT2D eigenvalue weighted by molar-refractivity contribution is 7.71. The van der Waals surface area contributed by atoms with Crippen molar-refractivity contribution in [1.29, 1.82) is 0 Å². The minimum atomic E-state index is 0.283. The smallest absolute Gasteiger partial charge is 0.231 e. The van der Waals surface area contributed by atoms with Gasteiger partial charge in [0.15, 0.2) is 16.3 Å². The molecule has 4 rings (SSSR count). The Bertz CT molecular complexity index is 757. The molecule has 21 heavy (non-hydrogen) atoms. The van der Waals surface area contributed by atoms with Crippen LogP contribution < -0.4 is 14.8 Å². The predicted molar refractivity (Wildman–Crippen MR) is 82.4 cm³/mol. The molecule has 0 atom stereocenters. The molecule has 0 saturated heterocycles. The summed E-state index contributed by atoms with van der Waals surface area (Å²) in [6.07, 6.45) is 3.28. The van der Waals surface area contributed by atoms with Crippen LogP contribution >= 0.6 is 12.2 Å². The summed E-state index contributed by atoms with van der Waals surface area (Å²) in [5, 5.41) is 3.37. The Morgan fingerprint density at radius 2 is 2.05 bits per heavy atom. The Morgan fingerprint density at radius 1 is 1.14 bits per heavy atom. The molecule has 1 aromatic carbocycles. The van der Waals surface area contributed by atoms with Gasteiger partial charge in [0.1, 0.15) is 5.82 Å². The third-order valence-electron chi connectivity index (χ3n) is 3.84. The molecule has 2 aliphatic heterocycles. The van der Waals surface area contributed by atoms with Crippen molar-refractivity contribution in [2.45, 2.75) is 19.3 Å². The van der Waals surface area contributed by atoms with E-state index in [4.69, 9.17) is 21.7 Å². The second kappa shape index (κ2) is 5.04. The molecule has 2 aliphatic rings. The molecule has 2 aromatic rings. The molecule has 0 aliphatic carbocycles. The third kappa shape index (κ3) is 2.25. The van der Waals surface area contributed by atoms with Crippen LogP contribution in [0.5, 0.6) is 11.5 Å². The number of rotatable bonds is 1. The number of anilines is 1. The highest BCUT2D eigenvalue weighted by Gasteiger charge is 2.18. The Hall–Kier alpha value is -2.08. The van der Waals surface area contributed by atoms with Crippen molar-refractivity contribution >= 4 is 18.0 Å². The van der Waals surface area contributed by atoms with Crippen molar-refractivity contribution in [3.8, 4) is 22.8 Å². The summed E-state index contributed by atoms with van der Waals surface area (Å²) in [4.78, 5) is 7.66. The second-order valence-corrected chi connectivity index (χ2v) is 5.58. The topological polar surface area (TPSA) is 59.2 Å². The Kier molecular flexibility index (Phi) is 3.03. The summed E-state index contributed by atoms with van der Waals surface area (Å²) in [5.41, 5.74) is 3.27. The fraction of sp³-hybridized carbons (Fsp3) is 0.333. The van der Waals surface area contributed by atoms with Crippen molar-refractivity contribution in [2.75, 3.05) is 18.7 Å². The van der Waals surface area contributed by atoms with Gasteiger partial charge in [-0.2, -0.15) is 0 Å². The van der Waals surface area contributed by atoms with Gasteiger partial charge in [0.25, 0.3) is 0 Å². The van der Waals surface area contributed by atoms with Crippen LogP contribution in [-0.4, -0.2) is 23.3 Å². The van der Waals surface area contributed by atoms with Crippen molar-refractivity contribution in [1.82, 2.24) is 9.97 Å². The van der Waals surface area contributed by atoms with Crippen LogP contribution in [0, 0.1) is 4.77 Å². The molecular formula is C15H15N3O2S. The fourth-order valence-electron chi connectivity index (χ4n) is 2.82. The zero-order valence-corrected chi connectivity index (χ0v) is 12.3. The Morgan fingerprint density at radius 3 is 3.00 bits per heavy atom. The van der Waals surface area contributed by atoms with E-state index in [1.807, 2.05) is 18.2 Å². The molecule has 0 amide bonds. The van der Waals surface area contributed by atoms with Crippen molar-refractivity contribution < 1.29 is 9.47 Å². The highest BCUT2D eigenvalue weighted by atomic mass is 32.1. The van der Waals surface area contributed by atoms with Gasteiger partial charge in [0, 0.05) is 17.7 Å². The van der Waals surface area contributed by atoms with Gasteiger partial charge < -0.3 is 19.8 Å². The van der Waals surface area contributed by atoms with Gasteiger partial charge in [-0.05, 0) is 49.7 Å². The van der Waals surface area contributed by atoms with E-state index in [1.54, 1.807) is 0 Å². The average Bonchev–Trinajstić information content (AvgIpc) is 2.83. The quantitative estimate of drug-likeness (QED) is 0.792. The van der Waals surface area contributed by atoms with Gasteiger partial charge in [-0.25, -0.2) is 4.98 Å². The molecule has 0 bridgehead atoms. The van der Waals surface area contributed by atoms with Crippen molar-refractivity contribution in [3.05, 3.63) is 28.5 Å². The first kappa shape index (κ1) is 12.6. The molecule has 1 aromatic heterocycles. The molecule has 3 heterocycles. The minimum absolute atomic E-state index is 0.283. The SMILES string of the molecule is S=c1nc2c(c(-c3ccc4c(c3)OCO4)[nH]1)CCCCN2. The first-order valence-electron chi connectivity index (χ1n) is 7.08. The van der Waals surface area contributed by atoms with Crippen LogP contribution in [0.2, 0.25) is 0 Å². The van der Waals surface area contributed by atoms with Crippen LogP contribution in [-0.2, 0) is 6.42 Å². The third-order valence-corrected chi connectivity index (χ3v) is 4.03. The van der Waals surface area contributed by atoms with E-state index < -0.39 is 0 Å². The van der Waals surface area contributed by atoms with Gasteiger partial charge in [-0.1, -0.05) is 0 Å². The van der Waals surface area contributed by atoms with Gasteiger partial charge in [0.05, 0.1) is 5.69 Å². The number of fused-ring (bicyclic) bond motifs is 2. The highest BCUT2D eigenvalue weighted by Crippen LogP contribution is 2.37. The van der Waals surface area contributed by atoms with E-state index in [0.717, 1.165) is 54.4 Å². The molecule has 0 saturated carbocycles. The Balaban J connectivity index is 1.88. The number of nitrogens with one attached hydrogen (secondary N) is 2. The number of nitrogens with zero attached hydrogens (tertiary/aromatic N) is 1. The van der Waals surface area contributed by atoms with E-state index >= 15 is 0 Å². The maximum Gasteiger partial charge on any atom is 0.231 e. The lowest BCUT2D eigenvalue weighted by Gasteiger charge is -2.12. The van der Waals surface area contributed by atoms with Crippen LogP contribution in [0.3, 0.4) is 0 Å². The molecule has 108 valence electrons. The molecule has 5 nitrogen and oxygen atoms in total. The lowest BCUT2D eigenvalue weighted by Crippen LogP contribution is -2.05. The van der Waals surface area contributed by atoms with Crippen molar-refractivity contribution in [3.63, 3.8) is 0 Å². The number of hydrogen-bond donors (Lipinski definition) is 2. The largest absolute Gasteiger partial charge is 0.454 e. The van der Waals surface area contributed by atoms with E-state index in [1.165, 1.54) is 5.56 Å². The summed E-state index contributed by atoms with van der Waals surface area (Å²) in [6, 6.07) is 5.96. The number of H-pyrrole nitrogens is 1. The molecule has 0 radical (unpaired) electrons. The lowest BCUT2D eigenvalue weighted by atomic mass is 10.0. The van der Waals surface area contributed by atoms with E-state index in [2.05, 4.69) is 15.3 Å².